The number of hydrogen-bond donors (Lipinski definition) is 0. The first-order valence-electron chi connectivity index (χ1n) is 7.98. The number of rotatable bonds is 5. The molecule has 0 saturated carbocycles. The van der Waals surface area contributed by atoms with Crippen LogP contribution in [-0.4, -0.2) is 37.4 Å². The Bertz CT molecular complexity index is 485. The van der Waals surface area contributed by atoms with E-state index in [1.807, 2.05) is 26.0 Å². The number of ether oxygens (including phenoxy) is 1. The molecule has 1 fully saturated rings. The summed E-state index contributed by atoms with van der Waals surface area (Å²) in [5.74, 6) is 1.34. The normalized spacial score (nSPS) is 19.5. The van der Waals surface area contributed by atoms with E-state index in [1.54, 1.807) is 7.11 Å². The van der Waals surface area contributed by atoms with Crippen LogP contribution in [-0.2, 0) is 0 Å². The van der Waals surface area contributed by atoms with E-state index in [0.29, 0.717) is 5.78 Å². The zero-order valence-electron chi connectivity index (χ0n) is 13.7. The summed E-state index contributed by atoms with van der Waals surface area (Å²) >= 11 is 0. The molecule has 21 heavy (non-hydrogen) atoms. The van der Waals surface area contributed by atoms with Crippen LogP contribution in [0, 0.1) is 19.8 Å². The summed E-state index contributed by atoms with van der Waals surface area (Å²) < 4.78 is 5.39. The van der Waals surface area contributed by atoms with Crippen molar-refractivity contribution < 1.29 is 9.53 Å². The largest absolute Gasteiger partial charge is 0.496 e. The van der Waals surface area contributed by atoms with Crippen molar-refractivity contribution in [2.45, 2.75) is 40.0 Å². The highest BCUT2D eigenvalue weighted by atomic mass is 16.5. The minimum absolute atomic E-state index is 0.150. The Kier molecular flexibility index (Phi) is 5.40. The Balaban J connectivity index is 2.16. The number of carbonyl (C=O) groups is 1. The summed E-state index contributed by atoms with van der Waals surface area (Å²) in [5, 5.41) is 0. The third kappa shape index (κ3) is 3.65. The predicted molar refractivity (Wildman–Crippen MR) is 86.3 cm³/mol. The van der Waals surface area contributed by atoms with Crippen LogP contribution in [0.4, 0.5) is 0 Å². The van der Waals surface area contributed by atoms with Crippen LogP contribution >= 0.6 is 0 Å². The van der Waals surface area contributed by atoms with Crippen LogP contribution in [0.1, 0.15) is 47.7 Å². The SMILES string of the molecule is CCCN1CCC[C@@H](C(=O)c2cc(C)c(OC)c(C)c2)C1. The smallest absolute Gasteiger partial charge is 0.167 e. The highest BCUT2D eigenvalue weighted by Gasteiger charge is 2.26. The number of hydrogen-bond acceptors (Lipinski definition) is 3. The minimum atomic E-state index is 0.150. The van der Waals surface area contributed by atoms with Gasteiger partial charge in [-0.2, -0.15) is 0 Å². The van der Waals surface area contributed by atoms with Crippen LogP contribution in [0.2, 0.25) is 0 Å². The molecule has 0 radical (unpaired) electrons. The van der Waals surface area contributed by atoms with Crippen LogP contribution in [0.15, 0.2) is 12.1 Å². The van der Waals surface area contributed by atoms with Gasteiger partial charge in [0.1, 0.15) is 5.75 Å². The monoisotopic (exact) mass is 289 g/mol. The number of Topliss-reactive ketones (excluding diaryl/α,β-unsaturated/α-hetero) is 1. The van der Waals surface area contributed by atoms with Crippen molar-refractivity contribution in [3.05, 3.63) is 28.8 Å². The molecular weight excluding hydrogens is 262 g/mol. The molecule has 1 aromatic carbocycles. The fourth-order valence-electron chi connectivity index (χ4n) is 3.44. The van der Waals surface area contributed by atoms with E-state index in [2.05, 4.69) is 11.8 Å². The van der Waals surface area contributed by atoms with Crippen LogP contribution in [0.25, 0.3) is 0 Å². The van der Waals surface area contributed by atoms with Gasteiger partial charge in [0.15, 0.2) is 5.78 Å². The van der Waals surface area contributed by atoms with Crippen LogP contribution in [0.3, 0.4) is 0 Å². The van der Waals surface area contributed by atoms with Crippen molar-refractivity contribution in [2.75, 3.05) is 26.7 Å². The molecule has 1 atom stereocenters. The molecule has 2 rings (SSSR count). The molecule has 3 nitrogen and oxygen atoms in total. The van der Waals surface area contributed by atoms with Gasteiger partial charge in [-0.25, -0.2) is 0 Å². The van der Waals surface area contributed by atoms with Crippen LogP contribution in [0.5, 0.6) is 5.75 Å². The maximum absolute atomic E-state index is 12.8. The molecule has 1 saturated heterocycles. The molecule has 0 aliphatic carbocycles. The van der Waals surface area contributed by atoms with E-state index < -0.39 is 0 Å². The van der Waals surface area contributed by atoms with Crippen molar-refractivity contribution in [3.8, 4) is 5.75 Å². The second kappa shape index (κ2) is 7.08. The Labute approximate surface area is 128 Å². The molecule has 0 N–H and O–H groups in total. The summed E-state index contributed by atoms with van der Waals surface area (Å²) in [7, 11) is 1.68. The summed E-state index contributed by atoms with van der Waals surface area (Å²) in [6.07, 6.45) is 3.30. The average Bonchev–Trinajstić information content (AvgIpc) is 2.47. The molecule has 1 aromatic rings. The topological polar surface area (TPSA) is 29.5 Å². The van der Waals surface area contributed by atoms with E-state index >= 15 is 0 Å². The zero-order valence-corrected chi connectivity index (χ0v) is 13.7. The average molecular weight is 289 g/mol. The van der Waals surface area contributed by atoms with Crippen molar-refractivity contribution in [3.63, 3.8) is 0 Å². The number of benzene rings is 1. The second-order valence-corrected chi connectivity index (χ2v) is 6.15. The Morgan fingerprint density at radius 3 is 2.57 bits per heavy atom. The number of ketones is 1. The van der Waals surface area contributed by atoms with Gasteiger partial charge in [0.05, 0.1) is 7.11 Å². The first-order valence-corrected chi connectivity index (χ1v) is 7.98. The molecule has 0 aromatic heterocycles. The number of piperidine rings is 1. The lowest BCUT2D eigenvalue weighted by Gasteiger charge is -2.31. The van der Waals surface area contributed by atoms with Gasteiger partial charge in [-0.05, 0) is 69.5 Å². The van der Waals surface area contributed by atoms with Gasteiger partial charge < -0.3 is 9.64 Å². The van der Waals surface area contributed by atoms with E-state index in [4.69, 9.17) is 4.74 Å². The van der Waals surface area contributed by atoms with Gasteiger partial charge in [0, 0.05) is 18.0 Å². The first kappa shape index (κ1) is 16.0. The highest BCUT2D eigenvalue weighted by Crippen LogP contribution is 2.27. The fraction of sp³-hybridized carbons (Fsp3) is 0.611. The van der Waals surface area contributed by atoms with E-state index in [-0.39, 0.29) is 5.92 Å². The summed E-state index contributed by atoms with van der Waals surface area (Å²) in [6, 6.07) is 3.96. The number of likely N-dealkylation sites (tertiary alicyclic amines) is 1. The molecule has 1 heterocycles. The summed E-state index contributed by atoms with van der Waals surface area (Å²) in [4.78, 5) is 15.2. The van der Waals surface area contributed by atoms with Gasteiger partial charge in [-0.15, -0.1) is 0 Å². The second-order valence-electron chi connectivity index (χ2n) is 6.15. The van der Waals surface area contributed by atoms with E-state index in [0.717, 1.165) is 61.3 Å². The molecule has 116 valence electrons. The van der Waals surface area contributed by atoms with Crippen molar-refractivity contribution in [1.82, 2.24) is 4.90 Å². The van der Waals surface area contributed by atoms with E-state index in [1.165, 1.54) is 0 Å². The Morgan fingerprint density at radius 1 is 1.33 bits per heavy atom. The van der Waals surface area contributed by atoms with Crippen LogP contribution < -0.4 is 4.74 Å². The summed E-state index contributed by atoms with van der Waals surface area (Å²) in [5.41, 5.74) is 2.93. The number of methoxy groups -OCH3 is 1. The van der Waals surface area contributed by atoms with Crippen molar-refractivity contribution >= 4 is 5.78 Å². The summed E-state index contributed by atoms with van der Waals surface area (Å²) in [6.45, 7) is 9.36. The molecule has 1 aliphatic heterocycles. The third-order valence-electron chi connectivity index (χ3n) is 4.37. The minimum Gasteiger partial charge on any atom is -0.496 e. The number of nitrogens with zero attached hydrogens (tertiary/aromatic N) is 1. The third-order valence-corrected chi connectivity index (χ3v) is 4.37. The van der Waals surface area contributed by atoms with Gasteiger partial charge >= 0.3 is 0 Å². The quantitative estimate of drug-likeness (QED) is 0.775. The number of carbonyl (C=O) groups excluding carboxylic acids is 1. The predicted octanol–water partition coefficient (Wildman–Crippen LogP) is 3.62. The Hall–Kier alpha value is -1.35. The molecule has 1 aliphatic rings. The molecule has 0 spiro atoms. The number of aryl methyl sites for hydroxylation is 2. The standard InChI is InChI=1S/C18H27NO2/c1-5-8-19-9-6-7-15(12-19)17(20)16-10-13(2)18(21-4)14(3)11-16/h10-11,15H,5-9,12H2,1-4H3/t15-/m1/s1. The highest BCUT2D eigenvalue weighted by molar-refractivity contribution is 5.98. The molecule has 0 amide bonds. The van der Waals surface area contributed by atoms with Crippen molar-refractivity contribution in [2.24, 2.45) is 5.92 Å². The fourth-order valence-corrected chi connectivity index (χ4v) is 3.44. The van der Waals surface area contributed by atoms with Gasteiger partial charge in [-0.1, -0.05) is 6.92 Å². The lowest BCUT2D eigenvalue weighted by molar-refractivity contribution is 0.0820. The zero-order chi connectivity index (χ0) is 15.4. The maximum Gasteiger partial charge on any atom is 0.167 e. The lowest BCUT2D eigenvalue weighted by atomic mass is 9.88. The lowest BCUT2D eigenvalue weighted by Crippen LogP contribution is -2.39. The molecule has 0 bridgehead atoms. The van der Waals surface area contributed by atoms with Crippen molar-refractivity contribution in [1.29, 1.82) is 0 Å². The van der Waals surface area contributed by atoms with Gasteiger partial charge in [0.25, 0.3) is 0 Å². The van der Waals surface area contributed by atoms with E-state index in [9.17, 15) is 4.79 Å². The maximum atomic E-state index is 12.8. The first-order chi connectivity index (χ1) is 10.1. The Morgan fingerprint density at radius 2 is 2.00 bits per heavy atom. The molecule has 3 heteroatoms. The molecule has 0 unspecified atom stereocenters. The molecular formula is C18H27NO2. The van der Waals surface area contributed by atoms with Gasteiger partial charge in [-0.3, -0.25) is 4.79 Å². The van der Waals surface area contributed by atoms with Gasteiger partial charge in [0.2, 0.25) is 0 Å².